The first kappa shape index (κ1) is 15.8. The van der Waals surface area contributed by atoms with Gasteiger partial charge in [-0.2, -0.15) is 0 Å². The average molecular weight is 320 g/mol. The summed E-state index contributed by atoms with van der Waals surface area (Å²) in [6.45, 7) is 1.49. The van der Waals surface area contributed by atoms with E-state index in [2.05, 4.69) is 10.3 Å². The number of aliphatic hydroxyl groups is 1. The Morgan fingerprint density at radius 3 is 2.12 bits per heavy atom. The van der Waals surface area contributed by atoms with Gasteiger partial charge in [0.25, 0.3) is 0 Å². The minimum absolute atomic E-state index is 0.176. The molecule has 0 saturated carbocycles. The van der Waals surface area contributed by atoms with Crippen LogP contribution >= 0.6 is 0 Å². The third kappa shape index (κ3) is 3.16. The molecule has 0 fully saturated rings. The summed E-state index contributed by atoms with van der Waals surface area (Å²) < 4.78 is 0. The average Bonchev–Trinajstić information content (AvgIpc) is 2.61. The Balaban J connectivity index is 1.83. The van der Waals surface area contributed by atoms with Crippen LogP contribution in [0.1, 0.15) is 18.1 Å². The fourth-order valence-electron chi connectivity index (χ4n) is 2.44. The van der Waals surface area contributed by atoms with E-state index in [0.29, 0.717) is 11.1 Å². The zero-order valence-electron chi connectivity index (χ0n) is 13.1. The lowest BCUT2D eigenvalue weighted by Gasteiger charge is -2.15. The number of pyridine rings is 1. The maximum Gasteiger partial charge on any atom is 0.250 e. The molecule has 1 atom stereocenters. The Labute approximate surface area is 138 Å². The van der Waals surface area contributed by atoms with Crippen LogP contribution in [0.5, 0.6) is 0 Å². The zero-order valence-corrected chi connectivity index (χ0v) is 13.1. The van der Waals surface area contributed by atoms with Crippen molar-refractivity contribution in [2.45, 2.75) is 13.2 Å². The summed E-state index contributed by atoms with van der Waals surface area (Å²) in [5, 5.41) is 12.0. The molecule has 1 unspecified atom stereocenters. The van der Waals surface area contributed by atoms with Gasteiger partial charge in [0, 0.05) is 12.4 Å². The molecule has 3 aromatic rings. The highest BCUT2D eigenvalue weighted by Gasteiger charge is 2.22. The molecule has 2 aromatic carbocycles. The van der Waals surface area contributed by atoms with E-state index in [-0.39, 0.29) is 5.69 Å². The van der Waals surface area contributed by atoms with Crippen molar-refractivity contribution in [3.05, 3.63) is 80.4 Å². The predicted octanol–water partition coefficient (Wildman–Crippen LogP) is 2.27. The summed E-state index contributed by atoms with van der Waals surface area (Å²) in [6, 6.07) is 11.1. The van der Waals surface area contributed by atoms with E-state index in [1.807, 2.05) is 36.4 Å². The van der Waals surface area contributed by atoms with Crippen molar-refractivity contribution in [1.82, 2.24) is 4.98 Å². The second-order valence-electron chi connectivity index (χ2n) is 5.46. The highest BCUT2D eigenvalue weighted by atomic mass is 16.3. The van der Waals surface area contributed by atoms with Gasteiger partial charge in [0.2, 0.25) is 10.9 Å². The van der Waals surface area contributed by atoms with Gasteiger partial charge in [-0.3, -0.25) is 14.6 Å². The fourth-order valence-corrected chi connectivity index (χ4v) is 2.44. The molecule has 2 N–H and O–H groups in total. The van der Waals surface area contributed by atoms with E-state index in [1.165, 1.54) is 6.92 Å². The molecule has 5 nitrogen and oxygen atoms in total. The Morgan fingerprint density at radius 2 is 1.54 bits per heavy atom. The second kappa shape index (κ2) is 6.60. The Kier molecular flexibility index (Phi) is 4.35. The number of nitrogens with zero attached hydrogens (tertiary/aromatic N) is 1. The number of hydrogen-bond donors (Lipinski definition) is 2. The number of benzene rings is 1. The highest BCUT2D eigenvalue weighted by Crippen LogP contribution is 2.24. The van der Waals surface area contributed by atoms with Gasteiger partial charge in [0.05, 0.1) is 5.56 Å². The number of aromatic nitrogens is 1. The summed E-state index contributed by atoms with van der Waals surface area (Å²) in [5.41, 5.74) is 2.05. The Bertz CT molecular complexity index is 935. The van der Waals surface area contributed by atoms with Gasteiger partial charge in [-0.15, -0.1) is 0 Å². The first-order valence-electron chi connectivity index (χ1n) is 7.52. The zero-order chi connectivity index (χ0) is 17.1. The monoisotopic (exact) mass is 320 g/mol. The summed E-state index contributed by atoms with van der Waals surface area (Å²) in [5.74, 6) is 0. The molecular formula is C19H16N2O3. The summed E-state index contributed by atoms with van der Waals surface area (Å²) in [4.78, 5) is 27.4. The van der Waals surface area contributed by atoms with Crippen molar-refractivity contribution in [2.24, 2.45) is 0 Å². The fraction of sp³-hybridized carbons (Fsp3) is 0.105. The van der Waals surface area contributed by atoms with Crippen molar-refractivity contribution in [2.75, 3.05) is 5.32 Å². The lowest BCUT2D eigenvalue weighted by molar-refractivity contribution is 0.224. The molecule has 1 aromatic heterocycles. The minimum atomic E-state index is -0.894. The van der Waals surface area contributed by atoms with Crippen molar-refractivity contribution < 1.29 is 5.11 Å². The Hall–Kier alpha value is -3.05. The van der Waals surface area contributed by atoms with Crippen LogP contribution in [-0.2, 0) is 0 Å². The molecule has 0 aliphatic rings. The van der Waals surface area contributed by atoms with Crippen LogP contribution in [0.15, 0.2) is 58.4 Å². The largest absolute Gasteiger partial charge is 0.374 e. The maximum atomic E-state index is 11.8. The van der Waals surface area contributed by atoms with Gasteiger partial charge < -0.3 is 10.4 Å². The molecule has 0 amide bonds. The van der Waals surface area contributed by atoms with Crippen LogP contribution in [0.4, 0.5) is 5.69 Å². The van der Waals surface area contributed by atoms with Gasteiger partial charge in [-0.25, -0.2) is 0 Å². The molecule has 24 heavy (non-hydrogen) atoms. The maximum absolute atomic E-state index is 11.8. The predicted molar refractivity (Wildman–Crippen MR) is 95.3 cm³/mol. The first-order valence-corrected chi connectivity index (χ1v) is 7.52. The molecule has 5 heteroatoms. The van der Waals surface area contributed by atoms with Gasteiger partial charge >= 0.3 is 0 Å². The van der Waals surface area contributed by atoms with Gasteiger partial charge in [-0.1, -0.05) is 36.4 Å². The minimum Gasteiger partial charge on any atom is -0.374 e. The van der Waals surface area contributed by atoms with Crippen molar-refractivity contribution in [3.63, 3.8) is 0 Å². The van der Waals surface area contributed by atoms with Gasteiger partial charge in [0.15, 0.2) is 0 Å². The van der Waals surface area contributed by atoms with E-state index >= 15 is 0 Å². The van der Waals surface area contributed by atoms with E-state index in [1.54, 1.807) is 24.5 Å². The normalized spacial score (nSPS) is 12.6. The van der Waals surface area contributed by atoms with Crippen LogP contribution in [0.25, 0.3) is 23.3 Å². The van der Waals surface area contributed by atoms with E-state index in [9.17, 15) is 14.7 Å². The topological polar surface area (TPSA) is 79.3 Å². The molecule has 0 radical (unpaired) electrons. The standard InChI is InChI=1S/C19H16N2O3/c1-12(22)21-17-16(18(23)19(17)24)15-6-4-13(5-7-15)2-3-14-8-10-20-11-9-14/h2-12,21-22H,1H3/b3-2+. The van der Waals surface area contributed by atoms with Crippen molar-refractivity contribution in [1.29, 1.82) is 0 Å². The third-order valence-electron chi connectivity index (χ3n) is 3.64. The van der Waals surface area contributed by atoms with Crippen LogP contribution < -0.4 is 16.2 Å². The number of aliphatic hydroxyl groups excluding tert-OH is 1. The SMILES string of the molecule is CC(O)Nc1c(-c2ccc(/C=C/c3ccncc3)cc2)c(=O)c1=O. The van der Waals surface area contributed by atoms with Crippen molar-refractivity contribution >= 4 is 17.8 Å². The van der Waals surface area contributed by atoms with Crippen LogP contribution in [0, 0.1) is 0 Å². The van der Waals surface area contributed by atoms with Crippen molar-refractivity contribution in [3.8, 4) is 11.1 Å². The van der Waals surface area contributed by atoms with E-state index in [4.69, 9.17) is 0 Å². The molecule has 0 aliphatic carbocycles. The van der Waals surface area contributed by atoms with E-state index < -0.39 is 17.1 Å². The molecule has 3 rings (SSSR count). The van der Waals surface area contributed by atoms with E-state index in [0.717, 1.165) is 11.1 Å². The number of rotatable bonds is 5. The highest BCUT2D eigenvalue weighted by molar-refractivity contribution is 5.82. The molecule has 0 saturated heterocycles. The molecule has 1 heterocycles. The Morgan fingerprint density at radius 1 is 0.958 bits per heavy atom. The van der Waals surface area contributed by atoms with Crippen LogP contribution in [-0.4, -0.2) is 16.3 Å². The quantitative estimate of drug-likeness (QED) is 0.557. The third-order valence-corrected chi connectivity index (χ3v) is 3.64. The smallest absolute Gasteiger partial charge is 0.250 e. The molecule has 120 valence electrons. The summed E-state index contributed by atoms with van der Waals surface area (Å²) >= 11 is 0. The summed E-state index contributed by atoms with van der Waals surface area (Å²) in [7, 11) is 0. The molecule has 0 spiro atoms. The summed E-state index contributed by atoms with van der Waals surface area (Å²) in [6.07, 6.45) is 6.48. The first-order chi connectivity index (χ1) is 11.6. The van der Waals surface area contributed by atoms with Crippen LogP contribution in [0.2, 0.25) is 0 Å². The lowest BCUT2D eigenvalue weighted by Crippen LogP contribution is -2.38. The molecule has 0 aliphatic heterocycles. The van der Waals surface area contributed by atoms with Gasteiger partial charge in [0.1, 0.15) is 11.9 Å². The second-order valence-corrected chi connectivity index (χ2v) is 5.46. The van der Waals surface area contributed by atoms with Gasteiger partial charge in [-0.05, 0) is 35.7 Å². The molecular weight excluding hydrogens is 304 g/mol. The number of anilines is 1. The molecule has 0 bridgehead atoms. The number of hydrogen-bond acceptors (Lipinski definition) is 5. The number of nitrogens with one attached hydrogen (secondary N) is 1. The lowest BCUT2D eigenvalue weighted by atomic mass is 9.97. The van der Waals surface area contributed by atoms with Crippen LogP contribution in [0.3, 0.4) is 0 Å².